The summed E-state index contributed by atoms with van der Waals surface area (Å²) in [6.45, 7) is 5.78. The quantitative estimate of drug-likeness (QED) is 0.786. The maximum absolute atomic E-state index is 12.5. The van der Waals surface area contributed by atoms with Crippen molar-refractivity contribution in [1.29, 1.82) is 0 Å². The van der Waals surface area contributed by atoms with E-state index in [0.717, 1.165) is 11.3 Å². The molecule has 0 spiro atoms. The largest absolute Gasteiger partial charge is 0.354 e. The van der Waals surface area contributed by atoms with Gasteiger partial charge in [0.05, 0.1) is 16.3 Å². The van der Waals surface area contributed by atoms with Gasteiger partial charge in [-0.15, -0.1) is 11.8 Å². The third-order valence-electron chi connectivity index (χ3n) is 4.00. The summed E-state index contributed by atoms with van der Waals surface area (Å²) in [6.07, 6.45) is 1.10. The minimum Gasteiger partial charge on any atom is -0.354 e. The highest BCUT2D eigenvalue weighted by Crippen LogP contribution is 2.36. The molecule has 0 saturated heterocycles. The number of benzene rings is 1. The molecule has 2 atom stereocenters. The van der Waals surface area contributed by atoms with Crippen molar-refractivity contribution in [3.05, 3.63) is 18.2 Å². The van der Waals surface area contributed by atoms with Crippen LogP contribution >= 0.6 is 11.8 Å². The first-order valence-electron chi connectivity index (χ1n) is 8.34. The van der Waals surface area contributed by atoms with Crippen LogP contribution in [0, 0.1) is 0 Å². The molecule has 2 rings (SSSR count). The Bertz CT molecular complexity index is 762. The summed E-state index contributed by atoms with van der Waals surface area (Å²) in [5, 5.41) is 5.65. The highest BCUT2D eigenvalue weighted by molar-refractivity contribution is 8.00. The van der Waals surface area contributed by atoms with Crippen LogP contribution in [-0.2, 0) is 19.4 Å². The van der Waals surface area contributed by atoms with E-state index in [2.05, 4.69) is 10.6 Å². The first-order valence-corrected chi connectivity index (χ1v) is 10.9. The maximum atomic E-state index is 12.5. The fourth-order valence-corrected chi connectivity index (χ4v) is 4.73. The lowest BCUT2D eigenvalue weighted by atomic mass is 10.2. The highest BCUT2D eigenvalue weighted by atomic mass is 32.2. The van der Waals surface area contributed by atoms with Crippen LogP contribution < -0.4 is 10.6 Å². The van der Waals surface area contributed by atoms with Gasteiger partial charge in [0.25, 0.3) is 0 Å². The summed E-state index contributed by atoms with van der Waals surface area (Å²) < 4.78 is 25.0. The van der Waals surface area contributed by atoms with E-state index in [9.17, 15) is 18.0 Å². The number of carbonyl (C=O) groups is 2. The second kappa shape index (κ2) is 8.23. The summed E-state index contributed by atoms with van der Waals surface area (Å²) in [6, 6.07) is 4.77. The number of sulfone groups is 1. The third-order valence-corrected chi connectivity index (χ3v) is 6.90. The number of thioether (sulfide) groups is 1. The van der Waals surface area contributed by atoms with Gasteiger partial charge in [-0.1, -0.05) is 13.8 Å². The van der Waals surface area contributed by atoms with E-state index < -0.39 is 9.84 Å². The number of hydrogen-bond donors (Lipinski definition) is 2. The van der Waals surface area contributed by atoms with E-state index in [-0.39, 0.29) is 40.2 Å². The van der Waals surface area contributed by atoms with Gasteiger partial charge in [0.15, 0.2) is 9.84 Å². The predicted octanol–water partition coefficient (Wildman–Crippen LogP) is 2.59. The average Bonchev–Trinajstić information content (AvgIpc) is 2.68. The molecule has 0 bridgehead atoms. The van der Waals surface area contributed by atoms with Crippen LogP contribution in [0.2, 0.25) is 0 Å². The van der Waals surface area contributed by atoms with E-state index in [1.54, 1.807) is 17.8 Å². The van der Waals surface area contributed by atoms with Crippen molar-refractivity contribution in [3.63, 3.8) is 0 Å². The zero-order chi connectivity index (χ0) is 18.6. The average molecular weight is 385 g/mol. The zero-order valence-corrected chi connectivity index (χ0v) is 16.3. The summed E-state index contributed by atoms with van der Waals surface area (Å²) in [7, 11) is -3.60. The summed E-state index contributed by atoms with van der Waals surface area (Å²) >= 11 is 1.54. The molecule has 25 heavy (non-hydrogen) atoms. The molecule has 138 valence electrons. The first-order chi connectivity index (χ1) is 11.7. The third kappa shape index (κ3) is 5.47. The smallest absolute Gasteiger partial charge is 0.225 e. The van der Waals surface area contributed by atoms with Crippen molar-refractivity contribution < 1.29 is 18.0 Å². The molecule has 2 amide bonds. The van der Waals surface area contributed by atoms with Crippen molar-refractivity contribution in [2.24, 2.45) is 0 Å². The molecule has 0 fully saturated rings. The molecule has 2 N–H and O–H groups in total. The lowest BCUT2D eigenvalue weighted by Crippen LogP contribution is -2.33. The van der Waals surface area contributed by atoms with Gasteiger partial charge in [-0.3, -0.25) is 9.59 Å². The van der Waals surface area contributed by atoms with Crippen LogP contribution in [0.15, 0.2) is 28.0 Å². The first kappa shape index (κ1) is 19.8. The number of nitrogens with one attached hydrogen (secondary N) is 2. The zero-order valence-electron chi connectivity index (χ0n) is 14.7. The van der Waals surface area contributed by atoms with E-state index >= 15 is 0 Å². The minimum absolute atomic E-state index is 0.0249. The van der Waals surface area contributed by atoms with Gasteiger partial charge in [-0.25, -0.2) is 8.42 Å². The molecule has 2 unspecified atom stereocenters. The number of amides is 2. The van der Waals surface area contributed by atoms with Gasteiger partial charge in [0.1, 0.15) is 0 Å². The van der Waals surface area contributed by atoms with Crippen molar-refractivity contribution in [2.75, 3.05) is 11.1 Å². The van der Waals surface area contributed by atoms with Crippen molar-refractivity contribution in [1.82, 2.24) is 5.32 Å². The number of fused-ring (bicyclic) bond motifs is 1. The molecule has 0 radical (unpaired) electrons. The SMILES string of the molecule is CCC(C)NC(=O)CCS(=O)(=O)c1ccc2c(c1)NC(=O)CC(C)S2. The van der Waals surface area contributed by atoms with Gasteiger partial charge in [-0.2, -0.15) is 0 Å². The van der Waals surface area contributed by atoms with E-state index in [4.69, 9.17) is 0 Å². The molecule has 8 heteroatoms. The van der Waals surface area contributed by atoms with Crippen LogP contribution in [0.3, 0.4) is 0 Å². The van der Waals surface area contributed by atoms with Crippen LogP contribution in [0.25, 0.3) is 0 Å². The van der Waals surface area contributed by atoms with Crippen LogP contribution in [0.5, 0.6) is 0 Å². The maximum Gasteiger partial charge on any atom is 0.225 e. The standard InChI is InChI=1S/C17H24N2O4S2/c1-4-11(2)18-16(20)7-8-25(22,23)13-5-6-15-14(10-13)19-17(21)9-12(3)24-15/h5-6,10-12H,4,7-9H2,1-3H3,(H,18,20)(H,19,21). The van der Waals surface area contributed by atoms with Crippen LogP contribution in [-0.4, -0.2) is 37.3 Å². The summed E-state index contributed by atoms with van der Waals surface area (Å²) in [4.78, 5) is 24.6. The van der Waals surface area contributed by atoms with Crippen molar-refractivity contribution in [3.8, 4) is 0 Å². The van der Waals surface area contributed by atoms with Gasteiger partial charge < -0.3 is 10.6 Å². The molecular formula is C17H24N2O4S2. The van der Waals surface area contributed by atoms with Gasteiger partial charge in [0.2, 0.25) is 11.8 Å². The number of rotatable bonds is 6. The monoisotopic (exact) mass is 384 g/mol. The number of anilines is 1. The van der Waals surface area contributed by atoms with Gasteiger partial charge in [-0.05, 0) is 31.5 Å². The Labute approximate surface area is 153 Å². The number of hydrogen-bond acceptors (Lipinski definition) is 5. The Kier molecular flexibility index (Phi) is 6.51. The molecule has 0 aromatic heterocycles. The minimum atomic E-state index is -3.60. The van der Waals surface area contributed by atoms with E-state index in [1.807, 2.05) is 20.8 Å². The van der Waals surface area contributed by atoms with Gasteiger partial charge in [0, 0.05) is 29.0 Å². The number of carbonyl (C=O) groups excluding carboxylic acids is 2. The summed E-state index contributed by atoms with van der Waals surface area (Å²) in [5.41, 5.74) is 0.518. The predicted molar refractivity (Wildman–Crippen MR) is 99.6 cm³/mol. The normalized spacial score (nSPS) is 18.7. The Morgan fingerprint density at radius 2 is 2.16 bits per heavy atom. The molecule has 0 aliphatic carbocycles. The molecule has 1 aromatic rings. The Balaban J connectivity index is 2.12. The molecular weight excluding hydrogens is 360 g/mol. The Morgan fingerprint density at radius 3 is 2.84 bits per heavy atom. The second-order valence-corrected chi connectivity index (χ2v) is 9.87. The molecule has 1 aliphatic heterocycles. The van der Waals surface area contributed by atoms with Gasteiger partial charge >= 0.3 is 0 Å². The highest BCUT2D eigenvalue weighted by Gasteiger charge is 2.23. The molecule has 0 saturated carbocycles. The second-order valence-electron chi connectivity index (χ2n) is 6.28. The fourth-order valence-electron chi connectivity index (χ4n) is 2.42. The summed E-state index contributed by atoms with van der Waals surface area (Å²) in [5.74, 6) is -0.655. The van der Waals surface area contributed by atoms with E-state index in [0.29, 0.717) is 12.1 Å². The molecule has 1 aliphatic rings. The van der Waals surface area contributed by atoms with Crippen molar-refractivity contribution >= 4 is 39.1 Å². The van der Waals surface area contributed by atoms with E-state index in [1.165, 1.54) is 12.1 Å². The van der Waals surface area contributed by atoms with Crippen LogP contribution in [0.1, 0.15) is 40.0 Å². The molecule has 6 nitrogen and oxygen atoms in total. The Hall–Kier alpha value is -1.54. The molecule has 1 aromatic carbocycles. The van der Waals surface area contributed by atoms with Crippen molar-refractivity contribution in [2.45, 2.75) is 61.1 Å². The lowest BCUT2D eigenvalue weighted by Gasteiger charge is -2.12. The Morgan fingerprint density at radius 1 is 1.44 bits per heavy atom. The molecule has 1 heterocycles. The fraction of sp³-hybridized carbons (Fsp3) is 0.529. The topological polar surface area (TPSA) is 92.3 Å². The van der Waals surface area contributed by atoms with Crippen LogP contribution in [0.4, 0.5) is 5.69 Å². The lowest BCUT2D eigenvalue weighted by molar-refractivity contribution is -0.121.